The molecule has 0 saturated carbocycles. The molecule has 1 fully saturated rings. The fourth-order valence-electron chi connectivity index (χ4n) is 3.16. The number of carbonyl (C=O) groups is 1. The van der Waals surface area contributed by atoms with Gasteiger partial charge in [0.05, 0.1) is 9.82 Å². The number of hydrogen-bond acceptors (Lipinski definition) is 5. The molecule has 8 nitrogen and oxygen atoms in total. The van der Waals surface area contributed by atoms with Crippen LogP contribution in [-0.2, 0) is 10.0 Å². The Hall–Kier alpha value is -2.78. The van der Waals surface area contributed by atoms with Crippen molar-refractivity contribution in [1.82, 2.24) is 4.31 Å². The summed E-state index contributed by atoms with van der Waals surface area (Å²) in [7, 11) is -3.55. The number of benzene rings is 2. The Morgan fingerprint density at radius 3 is 2.36 bits per heavy atom. The number of nitrogens with zero attached hydrogens (tertiary/aromatic N) is 2. The topological polar surface area (TPSA) is 110 Å². The molecule has 9 heteroatoms. The Kier molecular flexibility index (Phi) is 5.76. The molecule has 0 spiro atoms. The van der Waals surface area contributed by atoms with Crippen LogP contribution in [0.3, 0.4) is 0 Å². The second-order valence-corrected chi connectivity index (χ2v) is 8.83. The van der Waals surface area contributed by atoms with Crippen molar-refractivity contribution in [2.24, 2.45) is 5.92 Å². The molecule has 0 bridgehead atoms. The molecule has 1 N–H and O–H groups in total. The number of rotatable bonds is 5. The van der Waals surface area contributed by atoms with E-state index in [9.17, 15) is 23.3 Å². The first kappa shape index (κ1) is 20.0. The first-order valence-electron chi connectivity index (χ1n) is 8.93. The minimum Gasteiger partial charge on any atom is -0.322 e. The maximum atomic E-state index is 12.8. The van der Waals surface area contributed by atoms with Crippen molar-refractivity contribution in [3.05, 3.63) is 64.2 Å². The van der Waals surface area contributed by atoms with E-state index in [4.69, 9.17) is 0 Å². The maximum Gasteiger partial charge on any atom is 0.269 e. The SMILES string of the molecule is C[C@@H]1CCCN(S(=O)(=O)c2ccc(NC(=O)c3ccc([N+](=O)[O-])cc3)cc2)C1. The van der Waals surface area contributed by atoms with Crippen molar-refractivity contribution in [3.8, 4) is 0 Å². The number of amides is 1. The number of nitrogens with one attached hydrogen (secondary N) is 1. The number of anilines is 1. The number of non-ortho nitro benzene ring substituents is 1. The van der Waals surface area contributed by atoms with Gasteiger partial charge in [0.2, 0.25) is 10.0 Å². The molecule has 28 heavy (non-hydrogen) atoms. The molecule has 3 rings (SSSR count). The van der Waals surface area contributed by atoms with Crippen LogP contribution in [0.15, 0.2) is 53.4 Å². The van der Waals surface area contributed by atoms with Crippen molar-refractivity contribution < 1.29 is 18.1 Å². The zero-order chi connectivity index (χ0) is 20.3. The molecular weight excluding hydrogens is 382 g/mol. The van der Waals surface area contributed by atoms with Gasteiger partial charge in [-0.2, -0.15) is 4.31 Å². The van der Waals surface area contributed by atoms with Crippen molar-refractivity contribution in [3.63, 3.8) is 0 Å². The van der Waals surface area contributed by atoms with E-state index < -0.39 is 20.9 Å². The highest BCUT2D eigenvalue weighted by molar-refractivity contribution is 7.89. The molecule has 1 heterocycles. The number of carbonyl (C=O) groups excluding carboxylic acids is 1. The van der Waals surface area contributed by atoms with Crippen LogP contribution in [0.25, 0.3) is 0 Å². The van der Waals surface area contributed by atoms with Gasteiger partial charge in [0.1, 0.15) is 0 Å². The normalized spacial score (nSPS) is 17.8. The lowest BCUT2D eigenvalue weighted by Gasteiger charge is -2.30. The van der Waals surface area contributed by atoms with E-state index in [1.54, 1.807) is 0 Å². The summed E-state index contributed by atoms with van der Waals surface area (Å²) in [4.78, 5) is 22.6. The number of piperidine rings is 1. The van der Waals surface area contributed by atoms with E-state index in [2.05, 4.69) is 5.32 Å². The van der Waals surface area contributed by atoms with Gasteiger partial charge in [-0.15, -0.1) is 0 Å². The Labute approximate surface area is 163 Å². The second-order valence-electron chi connectivity index (χ2n) is 6.89. The Morgan fingerprint density at radius 2 is 1.79 bits per heavy atom. The monoisotopic (exact) mass is 403 g/mol. The van der Waals surface area contributed by atoms with E-state index in [0.717, 1.165) is 12.8 Å². The van der Waals surface area contributed by atoms with Gasteiger partial charge in [0.15, 0.2) is 0 Å². The van der Waals surface area contributed by atoms with Crippen LogP contribution in [-0.4, -0.2) is 36.6 Å². The zero-order valence-corrected chi connectivity index (χ0v) is 16.2. The summed E-state index contributed by atoms with van der Waals surface area (Å²) in [5, 5.41) is 13.3. The molecule has 2 aromatic rings. The molecule has 1 amide bonds. The molecule has 1 aliphatic rings. The van der Waals surface area contributed by atoms with E-state index in [-0.39, 0.29) is 16.1 Å². The molecule has 1 aliphatic heterocycles. The summed E-state index contributed by atoms with van der Waals surface area (Å²) >= 11 is 0. The molecule has 1 atom stereocenters. The van der Waals surface area contributed by atoms with Gasteiger partial charge in [-0.3, -0.25) is 14.9 Å². The van der Waals surface area contributed by atoms with E-state index in [1.807, 2.05) is 6.92 Å². The number of nitro benzene ring substituents is 1. The summed E-state index contributed by atoms with van der Waals surface area (Å²) in [6.45, 7) is 3.07. The van der Waals surface area contributed by atoms with Crippen molar-refractivity contribution in [2.75, 3.05) is 18.4 Å². The first-order chi connectivity index (χ1) is 13.3. The van der Waals surface area contributed by atoms with Crippen LogP contribution in [0.4, 0.5) is 11.4 Å². The van der Waals surface area contributed by atoms with Crippen LogP contribution in [0.2, 0.25) is 0 Å². The quantitative estimate of drug-likeness (QED) is 0.609. The molecule has 0 radical (unpaired) electrons. The van der Waals surface area contributed by atoms with Crippen molar-refractivity contribution in [2.45, 2.75) is 24.7 Å². The third-order valence-electron chi connectivity index (χ3n) is 4.71. The highest BCUT2D eigenvalue weighted by atomic mass is 32.2. The van der Waals surface area contributed by atoms with Crippen molar-refractivity contribution in [1.29, 1.82) is 0 Å². The highest BCUT2D eigenvalue weighted by Gasteiger charge is 2.28. The van der Waals surface area contributed by atoms with Gasteiger partial charge in [-0.25, -0.2) is 8.42 Å². The van der Waals surface area contributed by atoms with Gasteiger partial charge in [0, 0.05) is 36.5 Å². The van der Waals surface area contributed by atoms with Gasteiger partial charge in [-0.05, 0) is 55.2 Å². The van der Waals surface area contributed by atoms with Gasteiger partial charge < -0.3 is 5.32 Å². The molecule has 0 aromatic heterocycles. The van der Waals surface area contributed by atoms with Crippen LogP contribution in [0, 0.1) is 16.0 Å². The molecule has 0 unspecified atom stereocenters. The third kappa shape index (κ3) is 4.37. The number of hydrogen-bond donors (Lipinski definition) is 1. The van der Waals surface area contributed by atoms with Crippen molar-refractivity contribution >= 4 is 27.3 Å². The predicted molar refractivity (Wildman–Crippen MR) is 105 cm³/mol. The fourth-order valence-corrected chi connectivity index (χ4v) is 4.76. The molecule has 2 aromatic carbocycles. The summed E-state index contributed by atoms with van der Waals surface area (Å²) in [5.74, 6) is -0.0980. The Balaban J connectivity index is 1.70. The maximum absolute atomic E-state index is 12.8. The average molecular weight is 403 g/mol. The smallest absolute Gasteiger partial charge is 0.269 e. The van der Waals surface area contributed by atoms with Gasteiger partial charge >= 0.3 is 0 Å². The molecular formula is C19H21N3O5S. The van der Waals surface area contributed by atoms with E-state index in [1.165, 1.54) is 52.8 Å². The van der Waals surface area contributed by atoms with Crippen LogP contribution in [0.5, 0.6) is 0 Å². The molecule has 0 aliphatic carbocycles. The standard InChI is InChI=1S/C19H21N3O5S/c1-14-3-2-12-21(13-14)28(26,27)18-10-6-16(7-11-18)20-19(23)15-4-8-17(9-5-15)22(24)25/h4-11,14H,2-3,12-13H2,1H3,(H,20,23)/t14-/m1/s1. The van der Waals surface area contributed by atoms with E-state index >= 15 is 0 Å². The minimum absolute atomic E-state index is 0.0989. The van der Waals surface area contributed by atoms with E-state index in [0.29, 0.717) is 24.7 Å². The Morgan fingerprint density at radius 1 is 1.14 bits per heavy atom. The fraction of sp³-hybridized carbons (Fsp3) is 0.316. The largest absolute Gasteiger partial charge is 0.322 e. The summed E-state index contributed by atoms with van der Waals surface area (Å²) in [6, 6.07) is 11.2. The highest BCUT2D eigenvalue weighted by Crippen LogP contribution is 2.24. The van der Waals surface area contributed by atoms with Crippen LogP contribution >= 0.6 is 0 Å². The minimum atomic E-state index is -3.55. The summed E-state index contributed by atoms with van der Waals surface area (Å²) < 4.78 is 27.0. The van der Waals surface area contributed by atoms with Crippen LogP contribution in [0.1, 0.15) is 30.1 Å². The lowest BCUT2D eigenvalue weighted by atomic mass is 10.0. The average Bonchev–Trinajstić information content (AvgIpc) is 2.68. The van der Waals surface area contributed by atoms with Gasteiger partial charge in [0.25, 0.3) is 11.6 Å². The summed E-state index contributed by atoms with van der Waals surface area (Å²) in [6.07, 6.45) is 1.88. The summed E-state index contributed by atoms with van der Waals surface area (Å²) in [5.41, 5.74) is 0.608. The molecule has 1 saturated heterocycles. The first-order valence-corrected chi connectivity index (χ1v) is 10.4. The number of nitro groups is 1. The van der Waals surface area contributed by atoms with Crippen LogP contribution < -0.4 is 5.32 Å². The zero-order valence-electron chi connectivity index (χ0n) is 15.4. The van der Waals surface area contributed by atoms with Gasteiger partial charge in [-0.1, -0.05) is 6.92 Å². The lowest BCUT2D eigenvalue weighted by Crippen LogP contribution is -2.39. The third-order valence-corrected chi connectivity index (χ3v) is 6.59. The Bertz CT molecular complexity index is 972. The molecule has 148 valence electrons. The second kappa shape index (κ2) is 8.07. The number of sulfonamides is 1. The lowest BCUT2D eigenvalue weighted by molar-refractivity contribution is -0.384. The predicted octanol–water partition coefficient (Wildman–Crippen LogP) is 3.27.